The van der Waals surface area contributed by atoms with E-state index >= 15 is 0 Å². The molecule has 1 rings (SSSR count). The lowest BCUT2D eigenvalue weighted by Gasteiger charge is -2.66. The molecule has 1 saturated heterocycles. The maximum atomic E-state index is 4.47. The summed E-state index contributed by atoms with van der Waals surface area (Å²) in [6.07, 6.45) is 6.02. The number of piperidine rings is 1. The van der Waals surface area contributed by atoms with Gasteiger partial charge in [0.05, 0.1) is 0 Å². The first-order valence-corrected chi connectivity index (χ1v) is 8.63. The molecule has 1 fully saturated rings. The Balaban J connectivity index is 3.54. The molecule has 0 bridgehead atoms. The van der Waals surface area contributed by atoms with Crippen molar-refractivity contribution in [2.45, 2.75) is 104 Å². The van der Waals surface area contributed by atoms with Crippen LogP contribution in [0.2, 0.25) is 0 Å². The number of rotatable bonds is 4. The van der Waals surface area contributed by atoms with E-state index in [1.54, 1.807) is 0 Å². The molecule has 0 amide bonds. The molecule has 0 radical (unpaired) electrons. The van der Waals surface area contributed by atoms with Crippen molar-refractivity contribution in [3.05, 3.63) is 12.2 Å². The Morgan fingerprint density at radius 1 is 1.05 bits per heavy atom. The summed E-state index contributed by atoms with van der Waals surface area (Å²) in [4.78, 5) is 2.90. The normalized spacial score (nSPS) is 26.8. The van der Waals surface area contributed by atoms with E-state index in [9.17, 15) is 0 Å². The van der Waals surface area contributed by atoms with Crippen molar-refractivity contribution < 1.29 is 0 Å². The molecule has 0 aromatic heterocycles. The Morgan fingerprint density at radius 3 is 1.80 bits per heavy atom. The lowest BCUT2D eigenvalue weighted by molar-refractivity contribution is -0.134. The third-order valence-electron chi connectivity index (χ3n) is 6.11. The second-order valence-corrected chi connectivity index (χ2v) is 7.81. The van der Waals surface area contributed by atoms with Crippen molar-refractivity contribution in [2.75, 3.05) is 0 Å². The minimum absolute atomic E-state index is 0.201. The molecule has 0 aliphatic carbocycles. The van der Waals surface area contributed by atoms with Gasteiger partial charge in [-0.25, -0.2) is 0 Å². The molecule has 1 nitrogen and oxygen atoms in total. The van der Waals surface area contributed by atoms with Crippen LogP contribution in [-0.4, -0.2) is 21.5 Å². The van der Waals surface area contributed by atoms with Gasteiger partial charge in [0.1, 0.15) is 0 Å². The number of hydrogen-bond acceptors (Lipinski definition) is 1. The second-order valence-electron chi connectivity index (χ2n) is 7.81. The van der Waals surface area contributed by atoms with Gasteiger partial charge >= 0.3 is 0 Å². The Labute approximate surface area is 127 Å². The van der Waals surface area contributed by atoms with Crippen LogP contribution in [-0.2, 0) is 0 Å². The van der Waals surface area contributed by atoms with Gasteiger partial charge in [0.25, 0.3) is 0 Å². The van der Waals surface area contributed by atoms with E-state index in [2.05, 4.69) is 66.9 Å². The highest BCUT2D eigenvalue weighted by molar-refractivity contribution is 5.23. The van der Waals surface area contributed by atoms with Crippen LogP contribution in [0, 0.1) is 5.92 Å². The van der Waals surface area contributed by atoms with Gasteiger partial charge in [0, 0.05) is 16.6 Å². The summed E-state index contributed by atoms with van der Waals surface area (Å²) in [6, 6.07) is 0. The van der Waals surface area contributed by atoms with Gasteiger partial charge in [-0.1, -0.05) is 46.8 Å². The molecule has 0 aromatic rings. The maximum Gasteiger partial charge on any atom is 0.0277 e. The van der Waals surface area contributed by atoms with Gasteiger partial charge in [-0.05, 0) is 58.8 Å². The van der Waals surface area contributed by atoms with Crippen molar-refractivity contribution in [1.82, 2.24) is 4.90 Å². The SMILES string of the molecule is C=C1CC(CC)(CC)N(C(C)(C)C)C(CC)(CC)C1C. The average Bonchev–Trinajstić information content (AvgIpc) is 2.40. The monoisotopic (exact) mass is 279 g/mol. The van der Waals surface area contributed by atoms with Gasteiger partial charge < -0.3 is 0 Å². The van der Waals surface area contributed by atoms with Gasteiger partial charge in [0.2, 0.25) is 0 Å². The second kappa shape index (κ2) is 5.83. The minimum Gasteiger partial charge on any atom is -0.286 e. The van der Waals surface area contributed by atoms with Crippen molar-refractivity contribution in [1.29, 1.82) is 0 Å². The summed E-state index contributed by atoms with van der Waals surface area (Å²) in [5.41, 5.74) is 2.22. The van der Waals surface area contributed by atoms with E-state index in [1.807, 2.05) is 0 Å². The van der Waals surface area contributed by atoms with Crippen LogP contribution in [0.1, 0.15) is 87.5 Å². The van der Waals surface area contributed by atoms with Crippen LogP contribution >= 0.6 is 0 Å². The molecular formula is C19H37N. The highest BCUT2D eigenvalue weighted by Crippen LogP contribution is 2.53. The zero-order valence-electron chi connectivity index (χ0n) is 15.3. The minimum atomic E-state index is 0.201. The smallest absolute Gasteiger partial charge is 0.0277 e. The fourth-order valence-electron chi connectivity index (χ4n) is 5.08. The molecule has 1 heterocycles. The molecule has 1 heteroatoms. The Hall–Kier alpha value is -0.300. The van der Waals surface area contributed by atoms with Crippen LogP contribution in [0.5, 0.6) is 0 Å². The van der Waals surface area contributed by atoms with E-state index in [1.165, 1.54) is 37.7 Å². The molecule has 0 spiro atoms. The molecule has 0 saturated carbocycles. The molecule has 1 unspecified atom stereocenters. The standard InChI is InChI=1S/C19H37N/c1-10-18(11-2)14-15(5)16(6)19(12-3,13-4)20(18)17(7,8)9/h16H,5,10-14H2,1-4,6-9H3. The first kappa shape index (κ1) is 17.8. The van der Waals surface area contributed by atoms with Gasteiger partial charge in [-0.15, -0.1) is 0 Å². The van der Waals surface area contributed by atoms with Gasteiger partial charge in [0.15, 0.2) is 0 Å². The summed E-state index contributed by atoms with van der Waals surface area (Å²) in [5.74, 6) is 0.586. The molecule has 1 atom stereocenters. The number of nitrogens with zero attached hydrogens (tertiary/aromatic N) is 1. The summed E-state index contributed by atoms with van der Waals surface area (Å²) < 4.78 is 0. The van der Waals surface area contributed by atoms with Gasteiger partial charge in [-0.3, -0.25) is 4.90 Å². The zero-order chi connectivity index (χ0) is 15.8. The van der Waals surface area contributed by atoms with E-state index in [0.717, 1.165) is 0 Å². The molecule has 0 N–H and O–H groups in total. The fourth-order valence-corrected chi connectivity index (χ4v) is 5.08. The summed E-state index contributed by atoms with van der Waals surface area (Å²) in [5, 5.41) is 0. The number of likely N-dealkylation sites (tertiary alicyclic amines) is 1. The van der Waals surface area contributed by atoms with Crippen molar-refractivity contribution in [3.63, 3.8) is 0 Å². The largest absolute Gasteiger partial charge is 0.286 e. The van der Waals surface area contributed by atoms with Crippen LogP contribution in [0.25, 0.3) is 0 Å². The van der Waals surface area contributed by atoms with E-state index in [0.29, 0.717) is 5.92 Å². The van der Waals surface area contributed by atoms with E-state index in [4.69, 9.17) is 0 Å². The summed E-state index contributed by atoms with van der Waals surface area (Å²) in [7, 11) is 0. The van der Waals surface area contributed by atoms with Crippen LogP contribution < -0.4 is 0 Å². The topological polar surface area (TPSA) is 3.24 Å². The molecule has 0 aromatic carbocycles. The Bertz CT molecular complexity index is 339. The summed E-state index contributed by atoms with van der Waals surface area (Å²) >= 11 is 0. The zero-order valence-corrected chi connectivity index (χ0v) is 15.3. The fraction of sp³-hybridized carbons (Fsp3) is 0.895. The highest BCUT2D eigenvalue weighted by atomic mass is 15.3. The van der Waals surface area contributed by atoms with Crippen molar-refractivity contribution >= 4 is 0 Å². The van der Waals surface area contributed by atoms with Crippen LogP contribution in [0.15, 0.2) is 12.2 Å². The molecule has 118 valence electrons. The van der Waals surface area contributed by atoms with E-state index in [-0.39, 0.29) is 16.6 Å². The highest BCUT2D eigenvalue weighted by Gasteiger charge is 2.56. The van der Waals surface area contributed by atoms with Crippen LogP contribution in [0.4, 0.5) is 0 Å². The van der Waals surface area contributed by atoms with E-state index < -0.39 is 0 Å². The third-order valence-corrected chi connectivity index (χ3v) is 6.11. The predicted molar refractivity (Wildman–Crippen MR) is 91.1 cm³/mol. The molecule has 1 aliphatic heterocycles. The Kier molecular flexibility index (Phi) is 5.17. The first-order chi connectivity index (χ1) is 9.15. The lowest BCUT2D eigenvalue weighted by Crippen LogP contribution is -2.71. The molecule has 20 heavy (non-hydrogen) atoms. The first-order valence-electron chi connectivity index (χ1n) is 8.63. The average molecular weight is 280 g/mol. The quantitative estimate of drug-likeness (QED) is 0.588. The summed E-state index contributed by atoms with van der Waals surface area (Å²) in [6.45, 7) is 23.5. The molecule has 1 aliphatic rings. The predicted octanol–water partition coefficient (Wildman–Crippen LogP) is 5.80. The Morgan fingerprint density at radius 2 is 1.50 bits per heavy atom. The van der Waals surface area contributed by atoms with Crippen LogP contribution in [0.3, 0.4) is 0 Å². The number of hydrogen-bond donors (Lipinski definition) is 0. The van der Waals surface area contributed by atoms with Gasteiger partial charge in [-0.2, -0.15) is 0 Å². The van der Waals surface area contributed by atoms with Crippen molar-refractivity contribution in [3.8, 4) is 0 Å². The molecular weight excluding hydrogens is 242 g/mol. The third kappa shape index (κ3) is 2.47. The van der Waals surface area contributed by atoms with Crippen molar-refractivity contribution in [2.24, 2.45) is 5.92 Å². The maximum absolute atomic E-state index is 4.47. The lowest BCUT2D eigenvalue weighted by atomic mass is 9.62.